The van der Waals surface area contributed by atoms with Crippen molar-refractivity contribution in [2.75, 3.05) is 0 Å². The molecule has 1 fully saturated rings. The van der Waals surface area contributed by atoms with E-state index in [0.29, 0.717) is 11.3 Å². The molecule has 3 rings (SSSR count). The first-order valence-electron chi connectivity index (χ1n) is 9.51. The molecule has 2 aliphatic carbocycles. The van der Waals surface area contributed by atoms with Crippen molar-refractivity contribution < 1.29 is 9.53 Å². The van der Waals surface area contributed by atoms with E-state index in [9.17, 15) is 4.79 Å². The Hall–Kier alpha value is -1.31. The van der Waals surface area contributed by atoms with Crippen LogP contribution in [0, 0.1) is 11.3 Å². The molecule has 0 saturated heterocycles. The maximum atomic E-state index is 11.5. The quantitative estimate of drug-likeness (QED) is 0.509. The van der Waals surface area contributed by atoms with Gasteiger partial charge in [0.15, 0.2) is 0 Å². The first kappa shape index (κ1) is 17.5. The van der Waals surface area contributed by atoms with E-state index in [1.54, 1.807) is 0 Å². The van der Waals surface area contributed by atoms with Crippen molar-refractivity contribution in [1.82, 2.24) is 0 Å². The lowest BCUT2D eigenvalue weighted by atomic mass is 9.50. The van der Waals surface area contributed by atoms with E-state index in [2.05, 4.69) is 40.7 Å². The van der Waals surface area contributed by atoms with E-state index < -0.39 is 0 Å². The summed E-state index contributed by atoms with van der Waals surface area (Å²) in [5.74, 6) is 1.65. The Morgan fingerprint density at radius 2 is 1.92 bits per heavy atom. The zero-order valence-corrected chi connectivity index (χ0v) is 16.2. The van der Waals surface area contributed by atoms with E-state index in [4.69, 9.17) is 4.74 Å². The van der Waals surface area contributed by atoms with Gasteiger partial charge in [0.1, 0.15) is 5.75 Å². The highest BCUT2D eigenvalue weighted by Crippen LogP contribution is 2.58. The summed E-state index contributed by atoms with van der Waals surface area (Å²) in [6.45, 7) is 13.3. The molecule has 0 radical (unpaired) electrons. The summed E-state index contributed by atoms with van der Waals surface area (Å²) in [6.07, 6.45) is 6.28. The maximum absolute atomic E-state index is 11.5. The molecule has 1 saturated carbocycles. The third-order valence-corrected chi connectivity index (χ3v) is 6.68. The summed E-state index contributed by atoms with van der Waals surface area (Å²) >= 11 is 0. The van der Waals surface area contributed by atoms with E-state index in [0.717, 1.165) is 18.1 Å². The van der Waals surface area contributed by atoms with E-state index in [1.807, 2.05) is 6.07 Å². The molecular weight excluding hydrogens is 296 g/mol. The molecule has 0 aliphatic heterocycles. The van der Waals surface area contributed by atoms with Crippen molar-refractivity contribution in [2.45, 2.75) is 85.0 Å². The summed E-state index contributed by atoms with van der Waals surface area (Å²) in [6, 6.07) is 4.30. The van der Waals surface area contributed by atoms with Crippen LogP contribution in [-0.4, -0.2) is 5.97 Å². The number of rotatable bonds is 2. The molecule has 132 valence electrons. The molecule has 1 aromatic rings. The molecule has 2 nitrogen and oxygen atoms in total. The average Bonchev–Trinajstić information content (AvgIpc) is 2.44. The molecule has 24 heavy (non-hydrogen) atoms. The Labute approximate surface area is 147 Å². The van der Waals surface area contributed by atoms with E-state index >= 15 is 0 Å². The predicted octanol–water partition coefficient (Wildman–Crippen LogP) is 5.77. The molecule has 0 heterocycles. The standard InChI is InChI=1S/C22H32O2/c1-14(2)20-16-8-11-19-21(4,5)12-7-13-22(19,6)17(16)9-10-18(20)24-15(3)23/h9-10,14,19H,7-8,11-13H2,1-6H3/t19?,22-/m0/s1. The van der Waals surface area contributed by atoms with Crippen LogP contribution < -0.4 is 4.74 Å². The van der Waals surface area contributed by atoms with Crippen molar-refractivity contribution in [2.24, 2.45) is 11.3 Å². The van der Waals surface area contributed by atoms with Crippen LogP contribution in [0.1, 0.15) is 89.8 Å². The lowest BCUT2D eigenvalue weighted by Gasteiger charge is -2.54. The van der Waals surface area contributed by atoms with E-state index in [1.165, 1.54) is 49.3 Å². The number of hydrogen-bond acceptors (Lipinski definition) is 2. The van der Waals surface area contributed by atoms with Gasteiger partial charge in [-0.15, -0.1) is 0 Å². The van der Waals surface area contributed by atoms with Crippen molar-refractivity contribution in [1.29, 1.82) is 0 Å². The van der Waals surface area contributed by atoms with Gasteiger partial charge in [-0.2, -0.15) is 0 Å². The second-order valence-corrected chi connectivity index (χ2v) is 9.10. The molecule has 0 aromatic heterocycles. The topological polar surface area (TPSA) is 26.3 Å². The minimum Gasteiger partial charge on any atom is -0.426 e. The second kappa shape index (κ2) is 5.89. The molecule has 2 heteroatoms. The fourth-order valence-electron chi connectivity index (χ4n) is 5.77. The predicted molar refractivity (Wildman–Crippen MR) is 98.6 cm³/mol. The van der Waals surface area contributed by atoms with Gasteiger partial charge in [-0.05, 0) is 65.5 Å². The summed E-state index contributed by atoms with van der Waals surface area (Å²) in [7, 11) is 0. The molecule has 0 spiro atoms. The maximum Gasteiger partial charge on any atom is 0.308 e. The molecule has 0 amide bonds. The lowest BCUT2D eigenvalue weighted by molar-refractivity contribution is -0.131. The number of fused-ring (bicyclic) bond motifs is 3. The van der Waals surface area contributed by atoms with Gasteiger partial charge >= 0.3 is 5.97 Å². The van der Waals surface area contributed by atoms with Gasteiger partial charge < -0.3 is 4.74 Å². The van der Waals surface area contributed by atoms with E-state index in [-0.39, 0.29) is 11.4 Å². The molecular formula is C22H32O2. The monoisotopic (exact) mass is 328 g/mol. The SMILES string of the molecule is CC(=O)Oc1ccc2c(c1C(C)C)CCC1C(C)(C)CCC[C@@]21C. The van der Waals surface area contributed by atoms with Crippen LogP contribution in [0.5, 0.6) is 5.75 Å². The average molecular weight is 328 g/mol. The molecule has 2 aliphatic rings. The number of hydrogen-bond donors (Lipinski definition) is 0. The highest BCUT2D eigenvalue weighted by Gasteiger charge is 2.50. The van der Waals surface area contributed by atoms with Crippen LogP contribution in [0.4, 0.5) is 0 Å². The molecule has 1 unspecified atom stereocenters. The summed E-state index contributed by atoms with van der Waals surface area (Å²) < 4.78 is 5.54. The zero-order valence-electron chi connectivity index (χ0n) is 16.2. The number of benzene rings is 1. The normalized spacial score (nSPS) is 28.2. The Morgan fingerprint density at radius 3 is 2.54 bits per heavy atom. The smallest absolute Gasteiger partial charge is 0.308 e. The van der Waals surface area contributed by atoms with Gasteiger partial charge in [0.05, 0.1) is 0 Å². The Morgan fingerprint density at radius 1 is 1.21 bits per heavy atom. The van der Waals surface area contributed by atoms with Gasteiger partial charge in [-0.1, -0.05) is 47.1 Å². The van der Waals surface area contributed by atoms with Crippen LogP contribution in [-0.2, 0) is 16.6 Å². The summed E-state index contributed by atoms with van der Waals surface area (Å²) in [5.41, 5.74) is 4.91. The fraction of sp³-hybridized carbons (Fsp3) is 0.682. The van der Waals surface area contributed by atoms with Crippen LogP contribution in [0.25, 0.3) is 0 Å². The minimum atomic E-state index is -0.226. The third-order valence-electron chi connectivity index (χ3n) is 6.68. The van der Waals surface area contributed by atoms with Gasteiger partial charge in [0.25, 0.3) is 0 Å². The zero-order chi connectivity index (χ0) is 17.7. The highest BCUT2D eigenvalue weighted by molar-refractivity contribution is 5.70. The Balaban J connectivity index is 2.15. The van der Waals surface area contributed by atoms with Crippen molar-refractivity contribution >= 4 is 5.97 Å². The number of ether oxygens (including phenoxy) is 1. The molecule has 0 N–H and O–H groups in total. The second-order valence-electron chi connectivity index (χ2n) is 9.10. The number of carbonyl (C=O) groups excluding carboxylic acids is 1. The Kier molecular flexibility index (Phi) is 4.30. The van der Waals surface area contributed by atoms with Gasteiger partial charge in [0.2, 0.25) is 0 Å². The van der Waals surface area contributed by atoms with Gasteiger partial charge in [0, 0.05) is 12.5 Å². The van der Waals surface area contributed by atoms with Gasteiger partial charge in [-0.25, -0.2) is 0 Å². The van der Waals surface area contributed by atoms with Crippen molar-refractivity contribution in [3.8, 4) is 5.75 Å². The number of esters is 1. The first-order chi connectivity index (χ1) is 11.2. The van der Waals surface area contributed by atoms with Crippen LogP contribution >= 0.6 is 0 Å². The third kappa shape index (κ3) is 2.68. The van der Waals surface area contributed by atoms with Gasteiger partial charge in [-0.3, -0.25) is 4.79 Å². The fourth-order valence-corrected chi connectivity index (χ4v) is 5.77. The summed E-state index contributed by atoms with van der Waals surface area (Å²) in [4.78, 5) is 11.5. The first-order valence-corrected chi connectivity index (χ1v) is 9.51. The largest absolute Gasteiger partial charge is 0.426 e. The highest BCUT2D eigenvalue weighted by atomic mass is 16.5. The summed E-state index contributed by atoms with van der Waals surface area (Å²) in [5, 5.41) is 0. The van der Waals surface area contributed by atoms with Crippen molar-refractivity contribution in [3.05, 3.63) is 28.8 Å². The van der Waals surface area contributed by atoms with Crippen LogP contribution in [0.15, 0.2) is 12.1 Å². The molecule has 0 bridgehead atoms. The molecule has 1 aromatic carbocycles. The Bertz CT molecular complexity index is 656. The number of carbonyl (C=O) groups is 1. The van der Waals surface area contributed by atoms with Crippen LogP contribution in [0.2, 0.25) is 0 Å². The lowest BCUT2D eigenvalue weighted by Crippen LogP contribution is -2.48. The molecule has 2 atom stereocenters. The minimum absolute atomic E-state index is 0.226. The van der Waals surface area contributed by atoms with Crippen molar-refractivity contribution in [3.63, 3.8) is 0 Å². The van der Waals surface area contributed by atoms with Crippen LogP contribution in [0.3, 0.4) is 0 Å².